The molecular formula is C8H5F5N2O. The summed E-state index contributed by atoms with van der Waals surface area (Å²) >= 11 is 0. The van der Waals surface area contributed by atoms with E-state index in [4.69, 9.17) is 5.73 Å². The van der Waals surface area contributed by atoms with Gasteiger partial charge in [0.15, 0.2) is 6.29 Å². The third kappa shape index (κ3) is 2.26. The number of aldehydes is 1. The van der Waals surface area contributed by atoms with E-state index in [0.29, 0.717) is 0 Å². The number of rotatable bonds is 2. The van der Waals surface area contributed by atoms with Crippen molar-refractivity contribution in [1.82, 2.24) is 4.98 Å². The van der Waals surface area contributed by atoms with Crippen molar-refractivity contribution in [2.45, 2.75) is 12.6 Å². The van der Waals surface area contributed by atoms with E-state index in [1.54, 1.807) is 0 Å². The summed E-state index contributed by atoms with van der Waals surface area (Å²) in [5, 5.41) is 0. The zero-order valence-electron chi connectivity index (χ0n) is 7.55. The van der Waals surface area contributed by atoms with Gasteiger partial charge in [0, 0.05) is 5.56 Å². The second kappa shape index (κ2) is 4.03. The van der Waals surface area contributed by atoms with Gasteiger partial charge < -0.3 is 5.73 Å². The highest BCUT2D eigenvalue weighted by Gasteiger charge is 2.35. The lowest BCUT2D eigenvalue weighted by Gasteiger charge is -2.11. The number of nitrogens with zero attached hydrogens (tertiary/aromatic N) is 1. The minimum Gasteiger partial charge on any atom is -0.383 e. The van der Waals surface area contributed by atoms with Gasteiger partial charge in [0.25, 0.3) is 6.43 Å². The van der Waals surface area contributed by atoms with Crippen molar-refractivity contribution < 1.29 is 26.7 Å². The number of aromatic nitrogens is 1. The zero-order chi connectivity index (χ0) is 12.5. The van der Waals surface area contributed by atoms with Gasteiger partial charge in [0.05, 0.1) is 5.56 Å². The molecule has 1 heterocycles. The largest absolute Gasteiger partial charge is 0.433 e. The van der Waals surface area contributed by atoms with E-state index < -0.39 is 35.2 Å². The first-order chi connectivity index (χ1) is 7.27. The SMILES string of the molecule is Nc1nc(C(F)(F)F)cc(C(F)F)c1C=O. The number of hydrogen-bond donors (Lipinski definition) is 1. The Kier molecular flexibility index (Phi) is 3.11. The van der Waals surface area contributed by atoms with Crippen LogP contribution in [0.4, 0.5) is 27.8 Å². The van der Waals surface area contributed by atoms with Gasteiger partial charge in [-0.15, -0.1) is 0 Å². The van der Waals surface area contributed by atoms with Crippen LogP contribution < -0.4 is 5.73 Å². The summed E-state index contributed by atoms with van der Waals surface area (Å²) in [4.78, 5) is 13.2. The Morgan fingerprint density at radius 2 is 1.94 bits per heavy atom. The van der Waals surface area contributed by atoms with Crippen molar-refractivity contribution in [2.24, 2.45) is 0 Å². The molecule has 0 saturated carbocycles. The van der Waals surface area contributed by atoms with Crippen molar-refractivity contribution in [1.29, 1.82) is 0 Å². The fourth-order valence-electron chi connectivity index (χ4n) is 1.05. The van der Waals surface area contributed by atoms with E-state index in [0.717, 1.165) is 0 Å². The molecule has 0 radical (unpaired) electrons. The summed E-state index contributed by atoms with van der Waals surface area (Å²) in [7, 11) is 0. The van der Waals surface area contributed by atoms with Gasteiger partial charge in [0.1, 0.15) is 11.5 Å². The lowest BCUT2D eigenvalue weighted by atomic mass is 10.1. The molecule has 0 aromatic carbocycles. The number of alkyl halides is 5. The van der Waals surface area contributed by atoms with Gasteiger partial charge >= 0.3 is 6.18 Å². The number of anilines is 1. The number of carbonyl (C=O) groups excluding carboxylic acids is 1. The van der Waals surface area contributed by atoms with Crippen LogP contribution in [0.25, 0.3) is 0 Å². The first-order valence-electron chi connectivity index (χ1n) is 3.88. The summed E-state index contributed by atoms with van der Waals surface area (Å²) in [5.74, 6) is -0.861. The third-order valence-electron chi connectivity index (χ3n) is 1.76. The molecule has 0 aliphatic carbocycles. The van der Waals surface area contributed by atoms with Crippen LogP contribution in [0.15, 0.2) is 6.07 Å². The predicted molar refractivity (Wildman–Crippen MR) is 44.0 cm³/mol. The molecule has 8 heteroatoms. The summed E-state index contributed by atoms with van der Waals surface area (Å²) in [6.07, 6.45) is -8.17. The van der Waals surface area contributed by atoms with Crippen LogP contribution in [-0.4, -0.2) is 11.3 Å². The highest BCUT2D eigenvalue weighted by Crippen LogP contribution is 2.33. The lowest BCUT2D eigenvalue weighted by molar-refractivity contribution is -0.141. The van der Waals surface area contributed by atoms with Crippen LogP contribution in [0.2, 0.25) is 0 Å². The van der Waals surface area contributed by atoms with Crippen molar-refractivity contribution >= 4 is 12.1 Å². The Labute approximate surface area is 86.1 Å². The minimum absolute atomic E-state index is 0.0516. The Hall–Kier alpha value is -1.73. The average Bonchev–Trinajstić information content (AvgIpc) is 2.14. The molecular weight excluding hydrogens is 235 g/mol. The topological polar surface area (TPSA) is 56.0 Å². The molecule has 1 rings (SSSR count). The van der Waals surface area contributed by atoms with Crippen molar-refractivity contribution in [2.75, 3.05) is 5.73 Å². The number of pyridine rings is 1. The van der Waals surface area contributed by atoms with Gasteiger partial charge in [-0.1, -0.05) is 0 Å². The quantitative estimate of drug-likeness (QED) is 0.638. The molecule has 2 N–H and O–H groups in total. The van der Waals surface area contributed by atoms with Gasteiger partial charge in [-0.2, -0.15) is 13.2 Å². The number of carbonyl (C=O) groups is 1. The van der Waals surface area contributed by atoms with E-state index in [-0.39, 0.29) is 12.4 Å². The zero-order valence-corrected chi connectivity index (χ0v) is 7.55. The van der Waals surface area contributed by atoms with Crippen LogP contribution in [0.3, 0.4) is 0 Å². The smallest absolute Gasteiger partial charge is 0.383 e. The van der Waals surface area contributed by atoms with E-state index in [2.05, 4.69) is 4.98 Å². The molecule has 0 saturated heterocycles. The van der Waals surface area contributed by atoms with Crippen LogP contribution in [0.5, 0.6) is 0 Å². The number of hydrogen-bond acceptors (Lipinski definition) is 3. The number of halogens is 5. The van der Waals surface area contributed by atoms with Crippen molar-refractivity contribution in [3.63, 3.8) is 0 Å². The highest BCUT2D eigenvalue weighted by molar-refractivity contribution is 5.84. The van der Waals surface area contributed by atoms with Crippen LogP contribution >= 0.6 is 0 Å². The molecule has 0 bridgehead atoms. The highest BCUT2D eigenvalue weighted by atomic mass is 19.4. The van der Waals surface area contributed by atoms with E-state index in [9.17, 15) is 26.7 Å². The monoisotopic (exact) mass is 240 g/mol. The first kappa shape index (κ1) is 12.3. The standard InChI is InChI=1S/C8H5F5N2O/c9-6(10)3-1-5(8(11,12)13)15-7(14)4(3)2-16/h1-2,6H,(H2,14,15). The summed E-state index contributed by atoms with van der Waals surface area (Å²) in [5.41, 5.74) is 1.65. The molecule has 16 heavy (non-hydrogen) atoms. The molecule has 0 atom stereocenters. The van der Waals surface area contributed by atoms with Crippen LogP contribution in [-0.2, 0) is 6.18 Å². The Morgan fingerprint density at radius 1 is 1.38 bits per heavy atom. The minimum atomic E-state index is -4.89. The van der Waals surface area contributed by atoms with Gasteiger partial charge in [0.2, 0.25) is 0 Å². The van der Waals surface area contributed by atoms with Crippen molar-refractivity contribution in [3.05, 3.63) is 22.9 Å². The molecule has 0 amide bonds. The normalized spacial score (nSPS) is 11.9. The molecule has 0 spiro atoms. The maximum absolute atomic E-state index is 12.4. The molecule has 0 aliphatic rings. The molecule has 0 unspecified atom stereocenters. The first-order valence-corrected chi connectivity index (χ1v) is 3.88. The van der Waals surface area contributed by atoms with E-state index in [1.807, 2.05) is 0 Å². The average molecular weight is 240 g/mol. The van der Waals surface area contributed by atoms with Gasteiger partial charge in [-0.25, -0.2) is 13.8 Å². The molecule has 1 aromatic rings. The fraction of sp³-hybridized carbons (Fsp3) is 0.250. The summed E-state index contributed by atoms with van der Waals surface area (Å²) < 4.78 is 61.3. The second-order valence-corrected chi connectivity index (χ2v) is 2.81. The third-order valence-corrected chi connectivity index (χ3v) is 1.76. The maximum Gasteiger partial charge on any atom is 0.433 e. The molecule has 3 nitrogen and oxygen atoms in total. The van der Waals surface area contributed by atoms with E-state index >= 15 is 0 Å². The maximum atomic E-state index is 12.4. The Bertz CT molecular complexity index is 416. The molecule has 0 fully saturated rings. The Balaban J connectivity index is 3.46. The number of nitrogen functional groups attached to an aromatic ring is 1. The predicted octanol–water partition coefficient (Wildman–Crippen LogP) is 2.43. The van der Waals surface area contributed by atoms with Crippen LogP contribution in [0.1, 0.15) is 28.0 Å². The van der Waals surface area contributed by atoms with Gasteiger partial charge in [-0.05, 0) is 6.07 Å². The van der Waals surface area contributed by atoms with Crippen molar-refractivity contribution in [3.8, 4) is 0 Å². The summed E-state index contributed by atoms with van der Waals surface area (Å²) in [6, 6.07) is 0.116. The number of nitrogens with two attached hydrogens (primary N) is 1. The lowest BCUT2D eigenvalue weighted by Crippen LogP contribution is -2.13. The second-order valence-electron chi connectivity index (χ2n) is 2.81. The van der Waals surface area contributed by atoms with Gasteiger partial charge in [-0.3, -0.25) is 4.79 Å². The van der Waals surface area contributed by atoms with Crippen LogP contribution in [0, 0.1) is 0 Å². The van der Waals surface area contributed by atoms with E-state index in [1.165, 1.54) is 0 Å². The molecule has 1 aromatic heterocycles. The Morgan fingerprint density at radius 3 is 2.31 bits per heavy atom. The molecule has 0 aliphatic heterocycles. The summed E-state index contributed by atoms with van der Waals surface area (Å²) in [6.45, 7) is 0. The molecule has 88 valence electrons. The fourth-order valence-corrected chi connectivity index (χ4v) is 1.05.